The molecule has 0 rings (SSSR count). The average molecular weight is 177 g/mol. The molecule has 0 heterocycles. The minimum atomic E-state index is -0.963. The van der Waals surface area contributed by atoms with E-state index in [9.17, 15) is 4.79 Å². The van der Waals surface area contributed by atoms with Crippen LogP contribution in [0.4, 0.5) is 0 Å². The van der Waals surface area contributed by atoms with Gasteiger partial charge in [0.15, 0.2) is 0 Å². The fourth-order valence-electron chi connectivity index (χ4n) is 0.289. The first-order valence-corrected chi connectivity index (χ1v) is 3.94. The fraction of sp³-hybridized carbons (Fsp3) is 0.857. The highest BCUT2D eigenvalue weighted by molar-refractivity contribution is 5.72. The molecule has 0 aliphatic rings. The fourth-order valence-corrected chi connectivity index (χ4v) is 0.289. The summed E-state index contributed by atoms with van der Waals surface area (Å²) in [5.74, 6) is -0.963. The molecule has 0 radical (unpaired) electrons. The third-order valence-electron chi connectivity index (χ3n) is 1.05. The number of carbonyl (C=O) groups is 1. The van der Waals surface area contributed by atoms with Gasteiger partial charge in [0.05, 0.1) is 0 Å². The number of carboxylic acid groups (broad SMARTS) is 1. The van der Waals surface area contributed by atoms with E-state index in [1.165, 1.54) is 6.92 Å². The SMILES string of the molecule is C[C@H](N)C(=O)O.NCCCCN. The Morgan fingerprint density at radius 1 is 1.33 bits per heavy atom. The molecule has 0 fully saturated rings. The van der Waals surface area contributed by atoms with Gasteiger partial charge in [0.2, 0.25) is 0 Å². The van der Waals surface area contributed by atoms with Crippen molar-refractivity contribution in [3.8, 4) is 0 Å². The summed E-state index contributed by atoms with van der Waals surface area (Å²) in [5.41, 5.74) is 15.2. The standard InChI is InChI=1S/C4H12N2.C3H7NO2/c5-3-1-2-4-6;1-2(4)3(5)6/h1-6H2;2H,4H2,1H3,(H,5,6)/t;2-/m.0/s1. The van der Waals surface area contributed by atoms with Crippen molar-refractivity contribution in [2.75, 3.05) is 13.1 Å². The Morgan fingerprint density at radius 3 is 1.67 bits per heavy atom. The summed E-state index contributed by atoms with van der Waals surface area (Å²) in [5, 5.41) is 7.87. The summed E-state index contributed by atoms with van der Waals surface area (Å²) in [7, 11) is 0. The van der Waals surface area contributed by atoms with Crippen LogP contribution in [0.25, 0.3) is 0 Å². The predicted molar refractivity (Wildman–Crippen MR) is 48.6 cm³/mol. The molecule has 0 saturated heterocycles. The normalized spacial score (nSPS) is 11.3. The largest absolute Gasteiger partial charge is 0.480 e. The van der Waals surface area contributed by atoms with Crippen molar-refractivity contribution in [3.63, 3.8) is 0 Å². The van der Waals surface area contributed by atoms with Crippen LogP contribution >= 0.6 is 0 Å². The van der Waals surface area contributed by atoms with Crippen molar-refractivity contribution < 1.29 is 9.90 Å². The van der Waals surface area contributed by atoms with Crippen LogP contribution in [-0.2, 0) is 4.79 Å². The molecule has 5 heteroatoms. The van der Waals surface area contributed by atoms with Crippen LogP contribution in [0.2, 0.25) is 0 Å². The van der Waals surface area contributed by atoms with Crippen LogP contribution in [0.5, 0.6) is 0 Å². The van der Waals surface area contributed by atoms with Crippen LogP contribution in [0.1, 0.15) is 19.8 Å². The van der Waals surface area contributed by atoms with E-state index in [4.69, 9.17) is 22.3 Å². The Morgan fingerprint density at radius 2 is 1.58 bits per heavy atom. The number of carboxylic acids is 1. The number of nitrogens with two attached hydrogens (primary N) is 3. The zero-order chi connectivity index (χ0) is 9.98. The summed E-state index contributed by atoms with van der Waals surface area (Å²) in [6.07, 6.45) is 2.13. The van der Waals surface area contributed by atoms with Gasteiger partial charge in [-0.25, -0.2) is 0 Å². The third-order valence-corrected chi connectivity index (χ3v) is 1.05. The second-order valence-electron chi connectivity index (χ2n) is 2.41. The Kier molecular flexibility index (Phi) is 12.0. The maximum absolute atomic E-state index is 9.57. The molecule has 0 aliphatic carbocycles. The Labute approximate surface area is 72.9 Å². The molecule has 0 amide bonds. The van der Waals surface area contributed by atoms with Crippen molar-refractivity contribution >= 4 is 5.97 Å². The van der Waals surface area contributed by atoms with Crippen LogP contribution in [0, 0.1) is 0 Å². The summed E-state index contributed by atoms with van der Waals surface area (Å²) >= 11 is 0. The molecule has 74 valence electrons. The third kappa shape index (κ3) is 16.2. The number of aliphatic carboxylic acids is 1. The second-order valence-corrected chi connectivity index (χ2v) is 2.41. The van der Waals surface area contributed by atoms with Gasteiger partial charge in [-0.1, -0.05) is 0 Å². The number of unbranched alkanes of at least 4 members (excludes halogenated alkanes) is 1. The van der Waals surface area contributed by atoms with Crippen LogP contribution in [0.3, 0.4) is 0 Å². The molecule has 0 aromatic heterocycles. The molecule has 5 nitrogen and oxygen atoms in total. The highest BCUT2D eigenvalue weighted by atomic mass is 16.4. The lowest BCUT2D eigenvalue weighted by Crippen LogP contribution is -2.25. The van der Waals surface area contributed by atoms with Crippen molar-refractivity contribution in [2.24, 2.45) is 17.2 Å². The summed E-state index contributed by atoms with van der Waals surface area (Å²) in [4.78, 5) is 9.57. The zero-order valence-electron chi connectivity index (χ0n) is 7.49. The minimum Gasteiger partial charge on any atom is -0.480 e. The van der Waals surface area contributed by atoms with E-state index < -0.39 is 12.0 Å². The number of rotatable bonds is 4. The lowest BCUT2D eigenvalue weighted by molar-refractivity contribution is -0.138. The molecular formula is C7H19N3O2. The van der Waals surface area contributed by atoms with Gasteiger partial charge in [-0.05, 0) is 32.9 Å². The summed E-state index contributed by atoms with van der Waals surface area (Å²) in [6.45, 7) is 2.97. The van der Waals surface area contributed by atoms with E-state index in [1.807, 2.05) is 0 Å². The van der Waals surface area contributed by atoms with Crippen molar-refractivity contribution in [2.45, 2.75) is 25.8 Å². The zero-order valence-corrected chi connectivity index (χ0v) is 7.49. The van der Waals surface area contributed by atoms with E-state index in [1.54, 1.807) is 0 Å². The van der Waals surface area contributed by atoms with Crippen molar-refractivity contribution in [1.82, 2.24) is 0 Å². The van der Waals surface area contributed by atoms with Crippen molar-refractivity contribution in [3.05, 3.63) is 0 Å². The molecule has 0 aromatic carbocycles. The molecule has 7 N–H and O–H groups in total. The summed E-state index contributed by atoms with van der Waals surface area (Å²) in [6, 6.07) is -0.731. The molecule has 0 saturated carbocycles. The highest BCUT2D eigenvalue weighted by Crippen LogP contribution is 1.77. The first-order valence-electron chi connectivity index (χ1n) is 3.94. The first-order chi connectivity index (χ1) is 5.56. The van der Waals surface area contributed by atoms with E-state index in [0.29, 0.717) is 0 Å². The van der Waals surface area contributed by atoms with Gasteiger partial charge in [-0.2, -0.15) is 0 Å². The van der Waals surface area contributed by atoms with Gasteiger partial charge in [-0.3, -0.25) is 4.79 Å². The maximum Gasteiger partial charge on any atom is 0.320 e. The highest BCUT2D eigenvalue weighted by Gasteiger charge is 1.99. The molecule has 12 heavy (non-hydrogen) atoms. The topological polar surface area (TPSA) is 115 Å². The lowest BCUT2D eigenvalue weighted by Gasteiger charge is -1.90. The first kappa shape index (κ1) is 13.9. The Hall–Kier alpha value is -0.650. The van der Waals surface area contributed by atoms with Gasteiger partial charge in [0.25, 0.3) is 0 Å². The number of hydrogen-bond donors (Lipinski definition) is 4. The van der Waals surface area contributed by atoms with Gasteiger partial charge in [0.1, 0.15) is 6.04 Å². The molecule has 0 bridgehead atoms. The molecular weight excluding hydrogens is 158 g/mol. The van der Waals surface area contributed by atoms with Gasteiger partial charge in [0, 0.05) is 0 Å². The Bertz CT molecular complexity index is 103. The van der Waals surface area contributed by atoms with E-state index in [0.717, 1.165) is 25.9 Å². The van der Waals surface area contributed by atoms with E-state index in [-0.39, 0.29) is 0 Å². The van der Waals surface area contributed by atoms with Gasteiger partial charge < -0.3 is 22.3 Å². The molecule has 1 atom stereocenters. The molecule has 0 aliphatic heterocycles. The van der Waals surface area contributed by atoms with Crippen LogP contribution < -0.4 is 17.2 Å². The second kappa shape index (κ2) is 10.3. The Balaban J connectivity index is 0. The van der Waals surface area contributed by atoms with E-state index in [2.05, 4.69) is 0 Å². The van der Waals surface area contributed by atoms with Crippen molar-refractivity contribution in [1.29, 1.82) is 0 Å². The monoisotopic (exact) mass is 177 g/mol. The molecule has 0 unspecified atom stereocenters. The predicted octanol–water partition coefficient (Wildman–Crippen LogP) is -0.898. The maximum atomic E-state index is 9.57. The van der Waals surface area contributed by atoms with Crippen LogP contribution in [-0.4, -0.2) is 30.2 Å². The van der Waals surface area contributed by atoms with E-state index >= 15 is 0 Å². The quantitative estimate of drug-likeness (QED) is 0.415. The summed E-state index contributed by atoms with van der Waals surface area (Å²) < 4.78 is 0. The van der Waals surface area contributed by atoms with Crippen LogP contribution in [0.15, 0.2) is 0 Å². The smallest absolute Gasteiger partial charge is 0.320 e. The molecule has 0 spiro atoms. The average Bonchev–Trinajstić information content (AvgIpc) is 2.02. The minimum absolute atomic E-state index is 0.731. The molecule has 0 aromatic rings. The van der Waals surface area contributed by atoms with Gasteiger partial charge in [-0.15, -0.1) is 0 Å². The lowest BCUT2D eigenvalue weighted by atomic mass is 10.3. The number of hydrogen-bond acceptors (Lipinski definition) is 4. The van der Waals surface area contributed by atoms with Gasteiger partial charge >= 0.3 is 5.97 Å².